The number of pyridine rings is 1. The van der Waals surface area contributed by atoms with Crippen LogP contribution in [0.5, 0.6) is 0 Å². The van der Waals surface area contributed by atoms with Gasteiger partial charge >= 0.3 is 0 Å². The summed E-state index contributed by atoms with van der Waals surface area (Å²) in [6.45, 7) is 12.2. The van der Waals surface area contributed by atoms with Crippen LogP contribution in [0.25, 0.3) is 0 Å². The second-order valence-electron chi connectivity index (χ2n) is 6.28. The molecule has 1 rings (SSSR count). The molecule has 0 aliphatic rings. The molecule has 0 amide bonds. The minimum absolute atomic E-state index is 0.500. The summed E-state index contributed by atoms with van der Waals surface area (Å²) in [6.07, 6.45) is 1.13. The fourth-order valence-electron chi connectivity index (χ4n) is 2.35. The van der Waals surface area contributed by atoms with Crippen molar-refractivity contribution in [3.8, 4) is 0 Å². The molecule has 1 heterocycles. The van der Waals surface area contributed by atoms with E-state index in [2.05, 4.69) is 59.7 Å². The first-order valence-electron chi connectivity index (χ1n) is 6.95. The zero-order valence-corrected chi connectivity index (χ0v) is 13.0. The predicted octanol–water partition coefficient (Wildman–Crippen LogP) is 3.77. The Labute approximate surface area is 112 Å². The van der Waals surface area contributed by atoms with Crippen molar-refractivity contribution in [2.75, 3.05) is 14.1 Å². The van der Waals surface area contributed by atoms with E-state index in [4.69, 9.17) is 4.98 Å². The van der Waals surface area contributed by atoms with E-state index in [-0.39, 0.29) is 0 Å². The van der Waals surface area contributed by atoms with Gasteiger partial charge in [-0.3, -0.25) is 4.98 Å². The smallest absolute Gasteiger partial charge is 0.0550 e. The molecule has 0 fully saturated rings. The normalized spacial score (nSPS) is 11.9. The van der Waals surface area contributed by atoms with E-state index in [1.165, 1.54) is 22.5 Å². The quantitative estimate of drug-likeness (QED) is 0.788. The third kappa shape index (κ3) is 4.09. The van der Waals surface area contributed by atoms with E-state index in [9.17, 15) is 0 Å². The zero-order valence-electron chi connectivity index (χ0n) is 13.0. The summed E-state index contributed by atoms with van der Waals surface area (Å²) in [6, 6.07) is 2.25. The summed E-state index contributed by atoms with van der Waals surface area (Å²) in [5, 5.41) is 0. The summed E-state index contributed by atoms with van der Waals surface area (Å²) in [5.74, 6) is 1.18. The van der Waals surface area contributed by atoms with Gasteiger partial charge in [0, 0.05) is 12.2 Å². The third-order valence-corrected chi connectivity index (χ3v) is 3.07. The Morgan fingerprint density at radius 1 is 1.17 bits per heavy atom. The van der Waals surface area contributed by atoms with E-state index >= 15 is 0 Å². The van der Waals surface area contributed by atoms with Gasteiger partial charge in [-0.1, -0.05) is 27.7 Å². The monoisotopic (exact) mass is 248 g/mol. The largest absolute Gasteiger partial charge is 0.304 e. The Bertz CT molecular complexity index is 392. The van der Waals surface area contributed by atoms with Gasteiger partial charge in [0.15, 0.2) is 0 Å². The standard InChI is InChI=1S/C16H28N2/c1-11(2)8-15-13(5)9-14(10-18(6)7)17-16(15)12(3)4/h9,11-12H,8,10H2,1-7H3. The molecule has 0 aliphatic heterocycles. The first kappa shape index (κ1) is 15.2. The van der Waals surface area contributed by atoms with Crippen LogP contribution in [0.1, 0.15) is 56.1 Å². The molecule has 1 aromatic heterocycles. The summed E-state index contributed by atoms with van der Waals surface area (Å²) >= 11 is 0. The molecule has 0 saturated heterocycles. The van der Waals surface area contributed by atoms with E-state index in [0.29, 0.717) is 11.8 Å². The SMILES string of the molecule is Cc1cc(CN(C)C)nc(C(C)C)c1CC(C)C. The number of hydrogen-bond acceptors (Lipinski definition) is 2. The van der Waals surface area contributed by atoms with Crippen LogP contribution < -0.4 is 0 Å². The maximum Gasteiger partial charge on any atom is 0.0550 e. The first-order chi connectivity index (χ1) is 8.31. The van der Waals surface area contributed by atoms with Gasteiger partial charge < -0.3 is 4.90 Å². The van der Waals surface area contributed by atoms with E-state index in [0.717, 1.165) is 13.0 Å². The van der Waals surface area contributed by atoms with Crippen molar-refractivity contribution in [2.45, 2.75) is 53.5 Å². The number of rotatable bonds is 5. The lowest BCUT2D eigenvalue weighted by atomic mass is 9.92. The Morgan fingerprint density at radius 3 is 2.22 bits per heavy atom. The van der Waals surface area contributed by atoms with Gasteiger partial charge in [-0.25, -0.2) is 0 Å². The number of hydrogen-bond donors (Lipinski definition) is 0. The number of nitrogens with zero attached hydrogens (tertiary/aromatic N) is 2. The fraction of sp³-hybridized carbons (Fsp3) is 0.688. The number of aromatic nitrogens is 1. The lowest BCUT2D eigenvalue weighted by molar-refractivity contribution is 0.395. The average molecular weight is 248 g/mol. The van der Waals surface area contributed by atoms with E-state index < -0.39 is 0 Å². The van der Waals surface area contributed by atoms with Crippen LogP contribution in [0.15, 0.2) is 6.07 Å². The van der Waals surface area contributed by atoms with Crippen molar-refractivity contribution in [3.63, 3.8) is 0 Å². The lowest BCUT2D eigenvalue weighted by Gasteiger charge is -2.19. The Hall–Kier alpha value is -0.890. The van der Waals surface area contributed by atoms with Gasteiger partial charge in [-0.2, -0.15) is 0 Å². The van der Waals surface area contributed by atoms with Gasteiger partial charge in [0.2, 0.25) is 0 Å². The topological polar surface area (TPSA) is 16.1 Å². The van der Waals surface area contributed by atoms with Crippen molar-refractivity contribution < 1.29 is 0 Å². The molecule has 102 valence electrons. The van der Waals surface area contributed by atoms with Gasteiger partial charge in [-0.05, 0) is 56.5 Å². The highest BCUT2D eigenvalue weighted by atomic mass is 15.1. The summed E-state index contributed by atoms with van der Waals surface area (Å²) in [5.41, 5.74) is 5.34. The van der Waals surface area contributed by atoms with Gasteiger partial charge in [0.1, 0.15) is 0 Å². The minimum atomic E-state index is 0.500. The van der Waals surface area contributed by atoms with Crippen molar-refractivity contribution in [1.82, 2.24) is 9.88 Å². The van der Waals surface area contributed by atoms with E-state index in [1.807, 2.05) is 0 Å². The Balaban J connectivity index is 3.18. The van der Waals surface area contributed by atoms with Crippen LogP contribution in [-0.4, -0.2) is 24.0 Å². The average Bonchev–Trinajstić information content (AvgIpc) is 2.19. The summed E-state index contributed by atoms with van der Waals surface area (Å²) < 4.78 is 0. The molecule has 0 unspecified atom stereocenters. The molecule has 0 spiro atoms. The van der Waals surface area contributed by atoms with Crippen LogP contribution in [0, 0.1) is 12.8 Å². The molecule has 0 N–H and O–H groups in total. The lowest BCUT2D eigenvalue weighted by Crippen LogP contribution is -2.15. The fourth-order valence-corrected chi connectivity index (χ4v) is 2.35. The van der Waals surface area contributed by atoms with Crippen molar-refractivity contribution in [1.29, 1.82) is 0 Å². The molecular formula is C16H28N2. The molecule has 0 bridgehead atoms. The molecule has 0 radical (unpaired) electrons. The van der Waals surface area contributed by atoms with Crippen molar-refractivity contribution in [2.24, 2.45) is 5.92 Å². The van der Waals surface area contributed by atoms with Crippen LogP contribution in [0.4, 0.5) is 0 Å². The zero-order chi connectivity index (χ0) is 13.9. The maximum absolute atomic E-state index is 4.88. The van der Waals surface area contributed by atoms with Crippen LogP contribution in [0.2, 0.25) is 0 Å². The van der Waals surface area contributed by atoms with Crippen LogP contribution in [-0.2, 0) is 13.0 Å². The Morgan fingerprint density at radius 2 is 1.78 bits per heavy atom. The highest BCUT2D eigenvalue weighted by molar-refractivity contribution is 5.34. The molecule has 0 aliphatic carbocycles. The third-order valence-electron chi connectivity index (χ3n) is 3.07. The first-order valence-corrected chi connectivity index (χ1v) is 6.95. The molecule has 18 heavy (non-hydrogen) atoms. The van der Waals surface area contributed by atoms with E-state index in [1.54, 1.807) is 0 Å². The Kier molecular flexibility index (Phi) is 5.33. The van der Waals surface area contributed by atoms with Gasteiger partial charge in [0.25, 0.3) is 0 Å². The second kappa shape index (κ2) is 6.33. The predicted molar refractivity (Wildman–Crippen MR) is 79.0 cm³/mol. The summed E-state index contributed by atoms with van der Waals surface area (Å²) in [7, 11) is 4.18. The summed E-state index contributed by atoms with van der Waals surface area (Å²) in [4.78, 5) is 7.06. The molecular weight excluding hydrogens is 220 g/mol. The molecule has 0 atom stereocenters. The second-order valence-corrected chi connectivity index (χ2v) is 6.28. The minimum Gasteiger partial charge on any atom is -0.304 e. The molecule has 2 heteroatoms. The molecule has 0 aromatic carbocycles. The highest BCUT2D eigenvalue weighted by Gasteiger charge is 2.14. The molecule has 0 saturated carbocycles. The molecule has 1 aromatic rings. The molecule has 2 nitrogen and oxygen atoms in total. The van der Waals surface area contributed by atoms with Gasteiger partial charge in [0.05, 0.1) is 5.69 Å². The van der Waals surface area contributed by atoms with Crippen molar-refractivity contribution in [3.05, 3.63) is 28.6 Å². The maximum atomic E-state index is 4.88. The van der Waals surface area contributed by atoms with Crippen molar-refractivity contribution >= 4 is 0 Å². The van der Waals surface area contributed by atoms with Gasteiger partial charge in [-0.15, -0.1) is 0 Å². The van der Waals surface area contributed by atoms with Crippen LogP contribution >= 0.6 is 0 Å². The highest BCUT2D eigenvalue weighted by Crippen LogP contribution is 2.24. The van der Waals surface area contributed by atoms with Crippen LogP contribution in [0.3, 0.4) is 0 Å². The number of aryl methyl sites for hydroxylation is 1.